The van der Waals surface area contributed by atoms with Crippen molar-refractivity contribution in [3.8, 4) is 6.07 Å². The van der Waals surface area contributed by atoms with Crippen LogP contribution in [0.4, 0.5) is 0 Å². The second kappa shape index (κ2) is 6.24. The van der Waals surface area contributed by atoms with Crippen LogP contribution >= 0.6 is 0 Å². The Morgan fingerprint density at radius 1 is 1.62 bits per heavy atom. The van der Waals surface area contributed by atoms with E-state index >= 15 is 0 Å². The highest BCUT2D eigenvalue weighted by molar-refractivity contribution is 5.72. The summed E-state index contributed by atoms with van der Waals surface area (Å²) < 4.78 is 4.78. The third-order valence-corrected chi connectivity index (χ3v) is 1.65. The van der Waals surface area contributed by atoms with Gasteiger partial charge in [0, 0.05) is 6.08 Å². The zero-order valence-electron chi connectivity index (χ0n) is 8.33. The van der Waals surface area contributed by atoms with Crippen molar-refractivity contribution in [1.29, 1.82) is 5.26 Å². The number of carbonyl (C=O) groups is 1. The molecule has 0 radical (unpaired) electrons. The van der Waals surface area contributed by atoms with Crippen LogP contribution in [-0.4, -0.2) is 12.6 Å². The molecule has 0 amide bonds. The lowest BCUT2D eigenvalue weighted by Crippen LogP contribution is -2.07. The van der Waals surface area contributed by atoms with Crippen molar-refractivity contribution < 1.29 is 9.53 Å². The molecule has 0 heterocycles. The molecule has 0 bridgehead atoms. The Morgan fingerprint density at radius 3 is 2.62 bits per heavy atom. The van der Waals surface area contributed by atoms with Gasteiger partial charge in [-0.25, -0.2) is 0 Å². The summed E-state index contributed by atoms with van der Waals surface area (Å²) >= 11 is 0. The molecule has 0 aromatic heterocycles. The molecule has 0 N–H and O–H groups in total. The molecule has 0 aliphatic rings. The standard InChI is InChI=1S/C10H15NO2/c1-4-13-10(12)7-9(5-6-11)8(2)3/h5,8H,4,7H2,1-3H3. The van der Waals surface area contributed by atoms with Crippen molar-refractivity contribution in [3.63, 3.8) is 0 Å². The van der Waals surface area contributed by atoms with Gasteiger partial charge >= 0.3 is 5.97 Å². The van der Waals surface area contributed by atoms with Gasteiger partial charge in [-0.1, -0.05) is 13.8 Å². The van der Waals surface area contributed by atoms with Crippen LogP contribution in [0.2, 0.25) is 0 Å². The summed E-state index contributed by atoms with van der Waals surface area (Å²) in [4.78, 5) is 11.1. The predicted molar refractivity (Wildman–Crippen MR) is 49.8 cm³/mol. The molecule has 0 saturated carbocycles. The van der Waals surface area contributed by atoms with Gasteiger partial charge in [0.25, 0.3) is 0 Å². The minimum atomic E-state index is -0.266. The minimum absolute atomic E-state index is 0.212. The molecule has 0 aliphatic heterocycles. The van der Waals surface area contributed by atoms with Crippen molar-refractivity contribution in [1.82, 2.24) is 0 Å². The molecule has 0 atom stereocenters. The quantitative estimate of drug-likeness (QED) is 0.492. The Labute approximate surface area is 79.0 Å². The van der Waals surface area contributed by atoms with E-state index in [1.807, 2.05) is 19.9 Å². The molecule has 0 aliphatic carbocycles. The highest BCUT2D eigenvalue weighted by atomic mass is 16.5. The van der Waals surface area contributed by atoms with Crippen LogP contribution in [0.25, 0.3) is 0 Å². The Bertz CT molecular complexity index is 236. The number of allylic oxidation sites excluding steroid dienone is 1. The summed E-state index contributed by atoms with van der Waals surface area (Å²) in [5.41, 5.74) is 0.820. The van der Waals surface area contributed by atoms with Crippen LogP contribution in [0, 0.1) is 17.2 Å². The molecular weight excluding hydrogens is 166 g/mol. The molecule has 0 fully saturated rings. The van der Waals surface area contributed by atoms with E-state index in [-0.39, 0.29) is 18.3 Å². The van der Waals surface area contributed by atoms with Gasteiger partial charge in [0.1, 0.15) is 0 Å². The average Bonchev–Trinajstić information content (AvgIpc) is 2.04. The van der Waals surface area contributed by atoms with Gasteiger partial charge in [0.2, 0.25) is 0 Å². The van der Waals surface area contributed by atoms with Gasteiger partial charge < -0.3 is 4.74 Å². The number of hydrogen-bond donors (Lipinski definition) is 0. The normalized spacial score (nSPS) is 11.2. The fourth-order valence-corrected chi connectivity index (χ4v) is 0.883. The second-order valence-corrected chi connectivity index (χ2v) is 2.98. The third kappa shape index (κ3) is 5.02. The lowest BCUT2D eigenvalue weighted by atomic mass is 10.00. The first-order chi connectivity index (χ1) is 6.11. The Hall–Kier alpha value is -1.30. The van der Waals surface area contributed by atoms with E-state index in [0.717, 1.165) is 5.57 Å². The summed E-state index contributed by atoms with van der Waals surface area (Å²) in [5.74, 6) is -0.0539. The molecule has 13 heavy (non-hydrogen) atoms. The Morgan fingerprint density at radius 2 is 2.23 bits per heavy atom. The summed E-state index contributed by atoms with van der Waals surface area (Å²) in [5, 5.41) is 8.45. The Balaban J connectivity index is 4.21. The van der Waals surface area contributed by atoms with Gasteiger partial charge in [-0.2, -0.15) is 5.26 Å². The minimum Gasteiger partial charge on any atom is -0.466 e. The maximum atomic E-state index is 11.1. The molecule has 0 aromatic rings. The van der Waals surface area contributed by atoms with E-state index in [1.165, 1.54) is 6.08 Å². The number of nitriles is 1. The summed E-state index contributed by atoms with van der Waals surface area (Å²) in [6.07, 6.45) is 1.64. The second-order valence-electron chi connectivity index (χ2n) is 2.98. The van der Waals surface area contributed by atoms with Crippen molar-refractivity contribution in [2.24, 2.45) is 5.92 Å². The first kappa shape index (κ1) is 11.7. The number of nitrogens with zero attached hydrogens (tertiary/aromatic N) is 1. The van der Waals surface area contributed by atoms with E-state index in [0.29, 0.717) is 6.61 Å². The maximum Gasteiger partial charge on any atom is 0.309 e. The van der Waals surface area contributed by atoms with Crippen LogP contribution in [0.3, 0.4) is 0 Å². The number of hydrogen-bond acceptors (Lipinski definition) is 3. The first-order valence-electron chi connectivity index (χ1n) is 4.36. The summed E-state index contributed by atoms with van der Waals surface area (Å²) in [7, 11) is 0. The van der Waals surface area contributed by atoms with Crippen LogP contribution < -0.4 is 0 Å². The van der Waals surface area contributed by atoms with E-state index in [2.05, 4.69) is 0 Å². The van der Waals surface area contributed by atoms with E-state index in [1.54, 1.807) is 6.92 Å². The zero-order valence-corrected chi connectivity index (χ0v) is 8.33. The number of ether oxygens (including phenoxy) is 1. The fraction of sp³-hybridized carbons (Fsp3) is 0.600. The molecule has 72 valence electrons. The van der Waals surface area contributed by atoms with Crippen molar-refractivity contribution in [3.05, 3.63) is 11.6 Å². The molecule has 0 aromatic carbocycles. The largest absolute Gasteiger partial charge is 0.466 e. The predicted octanol–water partition coefficient (Wildman–Crippen LogP) is 2.05. The average molecular weight is 181 g/mol. The number of esters is 1. The summed E-state index contributed by atoms with van der Waals surface area (Å²) in [6, 6.07) is 1.93. The van der Waals surface area contributed by atoms with Gasteiger partial charge in [-0.05, 0) is 18.4 Å². The van der Waals surface area contributed by atoms with Gasteiger partial charge in [0.15, 0.2) is 0 Å². The molecule has 0 unspecified atom stereocenters. The van der Waals surface area contributed by atoms with Crippen molar-refractivity contribution in [2.75, 3.05) is 6.61 Å². The molecule has 0 saturated heterocycles. The van der Waals surface area contributed by atoms with E-state index in [4.69, 9.17) is 10.00 Å². The third-order valence-electron chi connectivity index (χ3n) is 1.65. The summed E-state index contributed by atoms with van der Waals surface area (Å²) in [6.45, 7) is 6.04. The molecule has 3 nitrogen and oxygen atoms in total. The molecule has 0 spiro atoms. The van der Waals surface area contributed by atoms with Crippen molar-refractivity contribution in [2.45, 2.75) is 27.2 Å². The zero-order chi connectivity index (χ0) is 10.3. The molecule has 0 rings (SSSR count). The fourth-order valence-electron chi connectivity index (χ4n) is 0.883. The van der Waals surface area contributed by atoms with Crippen molar-refractivity contribution >= 4 is 5.97 Å². The van der Waals surface area contributed by atoms with Gasteiger partial charge in [-0.3, -0.25) is 4.79 Å². The van der Waals surface area contributed by atoms with Crippen LogP contribution in [0.5, 0.6) is 0 Å². The van der Waals surface area contributed by atoms with Crippen LogP contribution in [0.1, 0.15) is 27.2 Å². The van der Waals surface area contributed by atoms with Crippen LogP contribution in [-0.2, 0) is 9.53 Å². The SMILES string of the molecule is CCOC(=O)CC(=CC#N)C(C)C. The highest BCUT2D eigenvalue weighted by Gasteiger charge is 2.09. The van der Waals surface area contributed by atoms with Gasteiger partial charge in [0.05, 0.1) is 19.1 Å². The lowest BCUT2D eigenvalue weighted by Gasteiger charge is -2.08. The Kier molecular flexibility index (Phi) is 5.62. The smallest absolute Gasteiger partial charge is 0.309 e. The van der Waals surface area contributed by atoms with E-state index in [9.17, 15) is 4.79 Å². The molecule has 3 heteroatoms. The maximum absolute atomic E-state index is 11.1. The lowest BCUT2D eigenvalue weighted by molar-refractivity contribution is -0.142. The van der Waals surface area contributed by atoms with Gasteiger partial charge in [-0.15, -0.1) is 0 Å². The number of carbonyl (C=O) groups excluding carboxylic acids is 1. The van der Waals surface area contributed by atoms with Crippen LogP contribution in [0.15, 0.2) is 11.6 Å². The number of rotatable bonds is 4. The first-order valence-corrected chi connectivity index (χ1v) is 4.36. The topological polar surface area (TPSA) is 50.1 Å². The molecular formula is C10H15NO2. The van der Waals surface area contributed by atoms with E-state index < -0.39 is 0 Å². The monoisotopic (exact) mass is 181 g/mol. The highest BCUT2D eigenvalue weighted by Crippen LogP contribution is 2.13.